The zero-order valence-electron chi connectivity index (χ0n) is 13.8. The second-order valence-electron chi connectivity index (χ2n) is 6.04. The molecule has 7 nitrogen and oxygen atoms in total. The van der Waals surface area contributed by atoms with E-state index < -0.39 is 0 Å². The van der Waals surface area contributed by atoms with Crippen LogP contribution < -0.4 is 5.56 Å². The third-order valence-corrected chi connectivity index (χ3v) is 5.12. The predicted octanol–water partition coefficient (Wildman–Crippen LogP) is 2.56. The van der Waals surface area contributed by atoms with Gasteiger partial charge in [0.1, 0.15) is 5.76 Å². The maximum absolute atomic E-state index is 12.9. The number of aromatic nitrogens is 4. The highest BCUT2D eigenvalue weighted by Crippen LogP contribution is 2.23. The molecule has 1 unspecified atom stereocenters. The topological polar surface area (TPSA) is 83.0 Å². The van der Waals surface area contributed by atoms with Gasteiger partial charge in [-0.25, -0.2) is 9.97 Å². The van der Waals surface area contributed by atoms with Gasteiger partial charge in [-0.1, -0.05) is 16.9 Å². The summed E-state index contributed by atoms with van der Waals surface area (Å²) in [5.41, 5.74) is 1.22. The summed E-state index contributed by atoms with van der Waals surface area (Å²) < 4.78 is 12.7. The molecule has 4 heterocycles. The number of fused-ring (bicyclic) bond motifs is 1. The summed E-state index contributed by atoms with van der Waals surface area (Å²) in [4.78, 5) is 21.8. The normalized spacial score (nSPS) is 17.4. The summed E-state index contributed by atoms with van der Waals surface area (Å²) >= 11 is 1.45. The molecule has 0 bridgehead atoms. The summed E-state index contributed by atoms with van der Waals surface area (Å²) in [6.45, 7) is 3.14. The largest absolute Gasteiger partial charge is 0.376 e. The maximum atomic E-state index is 12.9. The molecule has 130 valence electrons. The number of rotatable bonds is 5. The molecular weight excluding hydrogens is 340 g/mol. The Morgan fingerprint density at radius 2 is 2.36 bits per heavy atom. The second-order valence-corrected chi connectivity index (χ2v) is 6.99. The van der Waals surface area contributed by atoms with Crippen LogP contribution in [0.25, 0.3) is 11.0 Å². The number of thioether (sulfide) groups is 1. The Labute approximate surface area is 148 Å². The molecule has 0 aromatic carbocycles. The Morgan fingerprint density at radius 1 is 1.44 bits per heavy atom. The van der Waals surface area contributed by atoms with Gasteiger partial charge in [0.15, 0.2) is 10.8 Å². The zero-order chi connectivity index (χ0) is 17.2. The fraction of sp³-hybridized carbons (Fsp3) is 0.412. The summed E-state index contributed by atoms with van der Waals surface area (Å²) in [5.74, 6) is 1.30. The van der Waals surface area contributed by atoms with Crippen LogP contribution in [0.15, 0.2) is 38.9 Å². The van der Waals surface area contributed by atoms with Crippen LogP contribution in [0.2, 0.25) is 0 Å². The molecule has 0 radical (unpaired) electrons. The lowest BCUT2D eigenvalue weighted by Gasteiger charge is -2.15. The van der Waals surface area contributed by atoms with Gasteiger partial charge in [0.2, 0.25) is 0 Å². The minimum absolute atomic E-state index is 0.0560. The molecule has 0 aliphatic carbocycles. The zero-order valence-corrected chi connectivity index (χ0v) is 14.7. The number of aryl methyl sites for hydroxylation is 1. The lowest BCUT2D eigenvalue weighted by Crippen LogP contribution is -2.29. The van der Waals surface area contributed by atoms with Gasteiger partial charge in [-0.15, -0.1) is 0 Å². The summed E-state index contributed by atoms with van der Waals surface area (Å²) in [5, 5.41) is 5.05. The number of ether oxygens (including phenoxy) is 1. The lowest BCUT2D eigenvalue weighted by atomic mass is 10.2. The Morgan fingerprint density at radius 3 is 3.12 bits per heavy atom. The minimum atomic E-state index is -0.0788. The SMILES string of the molecule is Cc1cc(CSc2nc3ncccc3c(=O)n2CC2CCCO2)on1. The predicted molar refractivity (Wildman–Crippen MR) is 93.6 cm³/mol. The standard InChI is InChI=1S/C17H18N4O3S/c1-11-8-13(24-20-11)10-25-17-19-15-14(5-2-6-18-15)16(22)21(17)9-12-4-3-7-23-12/h2,5-6,8,12H,3-4,7,9-10H2,1H3. The fourth-order valence-corrected chi connectivity index (χ4v) is 3.79. The van der Waals surface area contributed by atoms with Crippen molar-refractivity contribution in [3.63, 3.8) is 0 Å². The number of hydrogen-bond donors (Lipinski definition) is 0. The van der Waals surface area contributed by atoms with Crippen LogP contribution in [-0.2, 0) is 17.0 Å². The van der Waals surface area contributed by atoms with Crippen molar-refractivity contribution in [2.45, 2.75) is 43.3 Å². The van der Waals surface area contributed by atoms with E-state index in [1.54, 1.807) is 22.9 Å². The molecule has 0 spiro atoms. The number of pyridine rings is 1. The van der Waals surface area contributed by atoms with Gasteiger partial charge < -0.3 is 9.26 Å². The van der Waals surface area contributed by atoms with Gasteiger partial charge in [0.25, 0.3) is 5.56 Å². The molecule has 8 heteroatoms. The molecule has 0 N–H and O–H groups in total. The summed E-state index contributed by atoms with van der Waals surface area (Å²) in [7, 11) is 0. The Balaban J connectivity index is 1.70. The summed E-state index contributed by atoms with van der Waals surface area (Å²) in [6.07, 6.45) is 3.69. The van der Waals surface area contributed by atoms with Crippen molar-refractivity contribution in [1.29, 1.82) is 0 Å². The van der Waals surface area contributed by atoms with Crippen LogP contribution in [0.4, 0.5) is 0 Å². The van der Waals surface area contributed by atoms with Gasteiger partial charge in [-0.05, 0) is 31.9 Å². The van der Waals surface area contributed by atoms with Crippen LogP contribution >= 0.6 is 11.8 Å². The first-order valence-corrected chi connectivity index (χ1v) is 9.21. The molecule has 1 atom stereocenters. The van der Waals surface area contributed by atoms with Gasteiger partial charge in [0, 0.05) is 18.9 Å². The average molecular weight is 358 g/mol. The van der Waals surface area contributed by atoms with Gasteiger partial charge in [-0.3, -0.25) is 9.36 Å². The highest BCUT2D eigenvalue weighted by Gasteiger charge is 2.20. The Bertz CT molecular complexity index is 946. The van der Waals surface area contributed by atoms with Crippen molar-refractivity contribution in [2.24, 2.45) is 0 Å². The van der Waals surface area contributed by atoms with E-state index in [0.29, 0.717) is 28.5 Å². The van der Waals surface area contributed by atoms with Crippen LogP contribution in [0.5, 0.6) is 0 Å². The van der Waals surface area contributed by atoms with Crippen molar-refractivity contribution in [2.75, 3.05) is 6.61 Å². The van der Waals surface area contributed by atoms with E-state index >= 15 is 0 Å². The van der Waals surface area contributed by atoms with Crippen LogP contribution in [0.3, 0.4) is 0 Å². The van der Waals surface area contributed by atoms with Gasteiger partial charge >= 0.3 is 0 Å². The highest BCUT2D eigenvalue weighted by molar-refractivity contribution is 7.98. The van der Waals surface area contributed by atoms with Crippen molar-refractivity contribution in [3.05, 3.63) is 46.2 Å². The number of nitrogens with zero attached hydrogens (tertiary/aromatic N) is 4. The first-order valence-electron chi connectivity index (χ1n) is 8.23. The third kappa shape index (κ3) is 3.45. The Kier molecular flexibility index (Phi) is 4.54. The monoisotopic (exact) mass is 358 g/mol. The van der Waals surface area contributed by atoms with E-state index in [1.165, 1.54) is 11.8 Å². The maximum Gasteiger partial charge on any atom is 0.263 e. The first-order chi connectivity index (χ1) is 12.2. The molecule has 1 fully saturated rings. The molecule has 4 rings (SSSR count). The summed E-state index contributed by atoms with van der Waals surface area (Å²) in [6, 6.07) is 5.40. The minimum Gasteiger partial charge on any atom is -0.376 e. The first kappa shape index (κ1) is 16.3. The Hall–Kier alpha value is -2.19. The van der Waals surface area contributed by atoms with E-state index in [0.717, 1.165) is 30.9 Å². The fourth-order valence-electron chi connectivity index (χ4n) is 2.92. The molecule has 3 aromatic rings. The lowest BCUT2D eigenvalue weighted by molar-refractivity contribution is 0.0937. The number of hydrogen-bond acceptors (Lipinski definition) is 7. The molecule has 0 saturated carbocycles. The molecule has 25 heavy (non-hydrogen) atoms. The molecule has 1 aliphatic heterocycles. The van der Waals surface area contributed by atoms with E-state index in [1.807, 2.05) is 13.0 Å². The third-order valence-electron chi connectivity index (χ3n) is 4.13. The molecule has 1 aliphatic rings. The van der Waals surface area contributed by atoms with Crippen LogP contribution in [-0.4, -0.2) is 32.4 Å². The average Bonchev–Trinajstić information content (AvgIpc) is 3.27. The van der Waals surface area contributed by atoms with Crippen molar-refractivity contribution in [3.8, 4) is 0 Å². The van der Waals surface area contributed by atoms with E-state index in [4.69, 9.17) is 9.26 Å². The van der Waals surface area contributed by atoms with Crippen LogP contribution in [0, 0.1) is 6.92 Å². The molecule has 3 aromatic heterocycles. The van der Waals surface area contributed by atoms with E-state index in [9.17, 15) is 4.79 Å². The van der Waals surface area contributed by atoms with E-state index in [-0.39, 0.29) is 11.7 Å². The van der Waals surface area contributed by atoms with E-state index in [2.05, 4.69) is 15.1 Å². The molecule has 0 amide bonds. The van der Waals surface area contributed by atoms with Crippen molar-refractivity contribution >= 4 is 22.8 Å². The van der Waals surface area contributed by atoms with Crippen molar-refractivity contribution < 1.29 is 9.26 Å². The molecule has 1 saturated heterocycles. The molecular formula is C17H18N4O3S. The second kappa shape index (κ2) is 6.97. The quantitative estimate of drug-likeness (QED) is 0.512. The van der Waals surface area contributed by atoms with Gasteiger partial charge in [0.05, 0.1) is 29.5 Å². The smallest absolute Gasteiger partial charge is 0.263 e. The van der Waals surface area contributed by atoms with Crippen LogP contribution in [0.1, 0.15) is 24.3 Å². The van der Waals surface area contributed by atoms with Crippen molar-refractivity contribution in [1.82, 2.24) is 19.7 Å². The van der Waals surface area contributed by atoms with Gasteiger partial charge in [-0.2, -0.15) is 0 Å². The highest BCUT2D eigenvalue weighted by atomic mass is 32.2.